The van der Waals surface area contributed by atoms with Crippen LogP contribution in [0.3, 0.4) is 0 Å². The molecule has 1 aromatic rings. The predicted octanol–water partition coefficient (Wildman–Crippen LogP) is 0.806. The molecule has 1 aliphatic heterocycles. The van der Waals surface area contributed by atoms with E-state index >= 15 is 0 Å². The lowest BCUT2D eigenvalue weighted by Gasteiger charge is -2.11. The van der Waals surface area contributed by atoms with Gasteiger partial charge in [0.1, 0.15) is 5.69 Å². The van der Waals surface area contributed by atoms with Crippen LogP contribution in [0.1, 0.15) is 18.4 Å². The van der Waals surface area contributed by atoms with Gasteiger partial charge >= 0.3 is 0 Å². The third-order valence-corrected chi connectivity index (χ3v) is 2.95. The normalized spacial score (nSPS) is 18.2. The van der Waals surface area contributed by atoms with E-state index in [0.717, 1.165) is 24.9 Å². The SMILES string of the molecule is Cc1cc(NC(=O)C2CCCN2)c(=O)n(C)c1.Cl. The van der Waals surface area contributed by atoms with E-state index in [9.17, 15) is 9.59 Å². The summed E-state index contributed by atoms with van der Waals surface area (Å²) in [6.07, 6.45) is 3.58. The van der Waals surface area contributed by atoms with E-state index in [1.54, 1.807) is 19.3 Å². The molecule has 0 aromatic carbocycles. The van der Waals surface area contributed by atoms with Crippen molar-refractivity contribution in [3.05, 3.63) is 28.2 Å². The second-order valence-corrected chi connectivity index (χ2v) is 4.49. The van der Waals surface area contributed by atoms with E-state index in [0.29, 0.717) is 5.69 Å². The standard InChI is InChI=1S/C12H17N3O2.ClH/c1-8-6-10(12(17)15(2)7-8)14-11(16)9-4-3-5-13-9;/h6-7,9,13H,3-5H2,1-2H3,(H,14,16);1H. The van der Waals surface area contributed by atoms with Crippen molar-refractivity contribution in [1.82, 2.24) is 9.88 Å². The highest BCUT2D eigenvalue weighted by Gasteiger charge is 2.22. The molecule has 0 aliphatic carbocycles. The summed E-state index contributed by atoms with van der Waals surface area (Å²) in [5.41, 5.74) is 1.12. The van der Waals surface area contributed by atoms with Gasteiger partial charge in [-0.15, -0.1) is 12.4 Å². The first kappa shape index (κ1) is 14.7. The van der Waals surface area contributed by atoms with Gasteiger partial charge in [0.15, 0.2) is 0 Å². The Morgan fingerprint density at radius 3 is 2.89 bits per heavy atom. The van der Waals surface area contributed by atoms with Crippen LogP contribution in [-0.2, 0) is 11.8 Å². The van der Waals surface area contributed by atoms with Crippen LogP contribution in [0.5, 0.6) is 0 Å². The first-order valence-electron chi connectivity index (χ1n) is 5.79. The minimum absolute atomic E-state index is 0. The molecule has 18 heavy (non-hydrogen) atoms. The van der Waals surface area contributed by atoms with Gasteiger partial charge in [0.2, 0.25) is 5.91 Å². The number of nitrogens with zero attached hydrogens (tertiary/aromatic N) is 1. The number of anilines is 1. The largest absolute Gasteiger partial charge is 0.320 e. The number of rotatable bonds is 2. The van der Waals surface area contributed by atoms with Gasteiger partial charge in [-0.3, -0.25) is 9.59 Å². The summed E-state index contributed by atoms with van der Waals surface area (Å²) in [4.78, 5) is 23.7. The third-order valence-electron chi connectivity index (χ3n) is 2.95. The first-order chi connectivity index (χ1) is 8.08. The van der Waals surface area contributed by atoms with Crippen LogP contribution in [0.25, 0.3) is 0 Å². The van der Waals surface area contributed by atoms with Gasteiger partial charge in [0.05, 0.1) is 6.04 Å². The zero-order valence-corrected chi connectivity index (χ0v) is 11.3. The number of carbonyl (C=O) groups excluding carboxylic acids is 1. The second kappa shape index (κ2) is 6.02. The average Bonchev–Trinajstić information content (AvgIpc) is 2.78. The fourth-order valence-corrected chi connectivity index (χ4v) is 2.10. The molecular formula is C12H18ClN3O2. The number of hydrogen-bond acceptors (Lipinski definition) is 3. The molecule has 0 bridgehead atoms. The van der Waals surface area contributed by atoms with Crippen LogP contribution in [0.2, 0.25) is 0 Å². The summed E-state index contributed by atoms with van der Waals surface area (Å²) >= 11 is 0. The van der Waals surface area contributed by atoms with E-state index < -0.39 is 0 Å². The Balaban J connectivity index is 0.00000162. The van der Waals surface area contributed by atoms with Gasteiger partial charge < -0.3 is 15.2 Å². The number of halogens is 1. The lowest BCUT2D eigenvalue weighted by Crippen LogP contribution is -2.37. The molecule has 1 unspecified atom stereocenters. The maximum absolute atomic E-state index is 11.9. The molecule has 2 N–H and O–H groups in total. The van der Waals surface area contributed by atoms with Crippen molar-refractivity contribution in [2.45, 2.75) is 25.8 Å². The van der Waals surface area contributed by atoms with Crippen LogP contribution in [-0.4, -0.2) is 23.1 Å². The minimum Gasteiger partial charge on any atom is -0.320 e. The highest BCUT2D eigenvalue weighted by atomic mass is 35.5. The van der Waals surface area contributed by atoms with Gasteiger partial charge in [-0.05, 0) is 37.9 Å². The molecule has 1 aliphatic rings. The number of amides is 1. The van der Waals surface area contributed by atoms with Crippen LogP contribution in [0, 0.1) is 6.92 Å². The summed E-state index contributed by atoms with van der Waals surface area (Å²) in [5, 5.41) is 5.80. The molecule has 2 heterocycles. The zero-order valence-electron chi connectivity index (χ0n) is 10.5. The number of aromatic nitrogens is 1. The topological polar surface area (TPSA) is 63.1 Å². The second-order valence-electron chi connectivity index (χ2n) is 4.49. The summed E-state index contributed by atoms with van der Waals surface area (Å²) in [7, 11) is 1.68. The van der Waals surface area contributed by atoms with Crippen LogP contribution < -0.4 is 16.2 Å². The van der Waals surface area contributed by atoms with E-state index in [1.807, 2.05) is 6.92 Å². The number of carbonyl (C=O) groups is 1. The fourth-order valence-electron chi connectivity index (χ4n) is 2.10. The van der Waals surface area contributed by atoms with Crippen molar-refractivity contribution in [2.75, 3.05) is 11.9 Å². The minimum atomic E-state index is -0.179. The Morgan fingerprint density at radius 1 is 1.56 bits per heavy atom. The Hall–Kier alpha value is -1.33. The van der Waals surface area contributed by atoms with Crippen LogP contribution in [0.15, 0.2) is 17.1 Å². The third kappa shape index (κ3) is 3.11. The predicted molar refractivity (Wildman–Crippen MR) is 73.3 cm³/mol. The van der Waals surface area contributed by atoms with E-state index in [1.165, 1.54) is 4.57 Å². The molecule has 1 aromatic heterocycles. The summed E-state index contributed by atoms with van der Waals surface area (Å²) < 4.78 is 1.48. The molecule has 0 saturated carbocycles. The molecule has 1 fully saturated rings. The molecule has 100 valence electrons. The number of aryl methyl sites for hydroxylation is 2. The van der Waals surface area contributed by atoms with Crippen molar-refractivity contribution in [3.8, 4) is 0 Å². The molecule has 1 amide bonds. The van der Waals surface area contributed by atoms with Crippen molar-refractivity contribution in [2.24, 2.45) is 7.05 Å². The fraction of sp³-hybridized carbons (Fsp3) is 0.500. The van der Waals surface area contributed by atoms with Gasteiger partial charge in [0, 0.05) is 13.2 Å². The highest BCUT2D eigenvalue weighted by molar-refractivity contribution is 5.94. The first-order valence-corrected chi connectivity index (χ1v) is 5.79. The lowest BCUT2D eigenvalue weighted by molar-refractivity contribution is -0.117. The van der Waals surface area contributed by atoms with Gasteiger partial charge in [0.25, 0.3) is 5.56 Å². The van der Waals surface area contributed by atoms with E-state index in [2.05, 4.69) is 10.6 Å². The lowest BCUT2D eigenvalue weighted by atomic mass is 10.2. The number of hydrogen-bond donors (Lipinski definition) is 2. The van der Waals surface area contributed by atoms with Crippen molar-refractivity contribution < 1.29 is 4.79 Å². The molecule has 0 spiro atoms. The molecular weight excluding hydrogens is 254 g/mol. The molecule has 6 heteroatoms. The Morgan fingerprint density at radius 2 is 2.28 bits per heavy atom. The Kier molecular flexibility index (Phi) is 4.93. The molecule has 2 rings (SSSR count). The molecule has 1 saturated heterocycles. The van der Waals surface area contributed by atoms with Crippen molar-refractivity contribution in [1.29, 1.82) is 0 Å². The van der Waals surface area contributed by atoms with Gasteiger partial charge in [-0.25, -0.2) is 0 Å². The van der Waals surface area contributed by atoms with E-state index in [-0.39, 0.29) is 29.9 Å². The maximum atomic E-state index is 11.9. The van der Waals surface area contributed by atoms with Crippen LogP contribution in [0.4, 0.5) is 5.69 Å². The highest BCUT2D eigenvalue weighted by Crippen LogP contribution is 2.09. The quantitative estimate of drug-likeness (QED) is 0.837. The molecule has 5 nitrogen and oxygen atoms in total. The monoisotopic (exact) mass is 271 g/mol. The van der Waals surface area contributed by atoms with E-state index in [4.69, 9.17) is 0 Å². The van der Waals surface area contributed by atoms with Gasteiger partial charge in [-0.1, -0.05) is 0 Å². The maximum Gasteiger partial charge on any atom is 0.274 e. The summed E-state index contributed by atoms with van der Waals surface area (Å²) in [6.45, 7) is 2.76. The van der Waals surface area contributed by atoms with Crippen molar-refractivity contribution in [3.63, 3.8) is 0 Å². The average molecular weight is 272 g/mol. The number of pyridine rings is 1. The number of nitrogens with one attached hydrogen (secondary N) is 2. The Bertz CT molecular complexity index is 493. The van der Waals surface area contributed by atoms with Crippen LogP contribution >= 0.6 is 12.4 Å². The summed E-state index contributed by atoms with van der Waals surface area (Å²) in [6, 6.07) is 1.54. The smallest absolute Gasteiger partial charge is 0.274 e. The van der Waals surface area contributed by atoms with Crippen molar-refractivity contribution >= 4 is 24.0 Å². The zero-order chi connectivity index (χ0) is 12.4. The Labute approximate surface area is 112 Å². The molecule has 1 atom stereocenters. The van der Waals surface area contributed by atoms with Gasteiger partial charge in [-0.2, -0.15) is 0 Å². The molecule has 0 radical (unpaired) electrons. The summed E-state index contributed by atoms with van der Waals surface area (Å²) in [5.74, 6) is -0.120.